The molecule has 140 valence electrons. The van der Waals surface area contributed by atoms with E-state index in [1.807, 2.05) is 6.07 Å². The maximum Gasteiger partial charge on any atom is 0.338 e. The molecule has 0 spiro atoms. The first-order chi connectivity index (χ1) is 12.0. The number of rotatable bonds is 8. The number of nitrogens with zero attached hydrogens (tertiary/aromatic N) is 1. The van der Waals surface area contributed by atoms with E-state index >= 15 is 0 Å². The predicted octanol–water partition coefficient (Wildman–Crippen LogP) is 4.97. The van der Waals surface area contributed by atoms with Crippen LogP contribution in [0.2, 0.25) is 0 Å². The molecule has 0 aliphatic heterocycles. The van der Waals surface area contributed by atoms with Crippen LogP contribution in [0.1, 0.15) is 60.9 Å². The molecule has 0 atom stereocenters. The van der Waals surface area contributed by atoms with Gasteiger partial charge in [0.1, 0.15) is 0 Å². The molecule has 0 bridgehead atoms. The van der Waals surface area contributed by atoms with Crippen molar-refractivity contribution in [2.24, 2.45) is 0 Å². The van der Waals surface area contributed by atoms with E-state index in [0.29, 0.717) is 29.8 Å². The van der Waals surface area contributed by atoms with Gasteiger partial charge in [-0.25, -0.2) is 4.79 Å². The molecule has 0 radical (unpaired) electrons. The van der Waals surface area contributed by atoms with E-state index in [4.69, 9.17) is 22.1 Å². The van der Waals surface area contributed by atoms with Crippen LogP contribution in [0, 0.1) is 0 Å². The Hall–Kier alpha value is -0.780. The maximum atomic E-state index is 12.3. The summed E-state index contributed by atoms with van der Waals surface area (Å²) < 4.78 is 6.07. The first-order valence-electron chi connectivity index (χ1n) is 9.04. The molecular formula is C19H28BrClN2O2. The van der Waals surface area contributed by atoms with Gasteiger partial charge in [-0.15, -0.1) is 11.6 Å². The zero-order valence-corrected chi connectivity index (χ0v) is 17.2. The summed E-state index contributed by atoms with van der Waals surface area (Å²) in [5.41, 5.74) is 8.43. The number of unbranched alkanes of at least 4 members (excludes halogenated alkanes) is 1. The second-order valence-corrected chi connectivity index (χ2v) is 8.00. The minimum atomic E-state index is -0.308. The number of halogens is 2. The minimum Gasteiger partial charge on any atom is -0.462 e. The van der Waals surface area contributed by atoms with Gasteiger partial charge in [0.25, 0.3) is 0 Å². The highest BCUT2D eigenvalue weighted by atomic mass is 79.9. The van der Waals surface area contributed by atoms with Gasteiger partial charge in [0.15, 0.2) is 0 Å². The first kappa shape index (κ1) is 20.5. The molecule has 1 saturated carbocycles. The van der Waals surface area contributed by atoms with E-state index in [1.54, 1.807) is 6.07 Å². The summed E-state index contributed by atoms with van der Waals surface area (Å²) in [6, 6.07) is 4.20. The van der Waals surface area contributed by atoms with Crippen LogP contribution in [0.3, 0.4) is 0 Å². The van der Waals surface area contributed by atoms with Crippen LogP contribution in [-0.2, 0) is 11.3 Å². The Kier molecular flexibility index (Phi) is 8.53. The maximum absolute atomic E-state index is 12.3. The monoisotopic (exact) mass is 430 g/mol. The third kappa shape index (κ3) is 6.15. The van der Waals surface area contributed by atoms with E-state index in [9.17, 15) is 4.79 Å². The summed E-state index contributed by atoms with van der Waals surface area (Å²) in [5.74, 6) is 0.277. The molecule has 1 aliphatic rings. The van der Waals surface area contributed by atoms with Gasteiger partial charge in [0.05, 0.1) is 17.9 Å². The molecule has 2 rings (SSSR count). The number of anilines is 1. The lowest BCUT2D eigenvalue weighted by Crippen LogP contribution is -2.33. The molecule has 1 aromatic carbocycles. The Morgan fingerprint density at radius 1 is 1.32 bits per heavy atom. The summed E-state index contributed by atoms with van der Waals surface area (Å²) in [6.07, 6.45) is 8.02. The van der Waals surface area contributed by atoms with E-state index in [0.717, 1.165) is 29.4 Å². The number of nitrogens with two attached hydrogens (primary N) is 1. The van der Waals surface area contributed by atoms with Crippen molar-refractivity contribution in [3.8, 4) is 0 Å². The summed E-state index contributed by atoms with van der Waals surface area (Å²) in [4.78, 5) is 14.6. The van der Waals surface area contributed by atoms with Gasteiger partial charge in [-0.1, -0.05) is 19.3 Å². The smallest absolute Gasteiger partial charge is 0.338 e. The topological polar surface area (TPSA) is 55.6 Å². The number of carbonyl (C=O) groups excluding carboxylic acids is 1. The van der Waals surface area contributed by atoms with Gasteiger partial charge >= 0.3 is 5.97 Å². The highest BCUT2D eigenvalue weighted by Gasteiger charge is 2.20. The molecule has 0 heterocycles. The lowest BCUT2D eigenvalue weighted by molar-refractivity contribution is 0.0499. The van der Waals surface area contributed by atoms with Gasteiger partial charge in [0, 0.05) is 22.9 Å². The van der Waals surface area contributed by atoms with Gasteiger partial charge in [-0.05, 0) is 66.4 Å². The zero-order valence-electron chi connectivity index (χ0n) is 14.9. The molecule has 1 aromatic rings. The molecule has 1 aliphatic carbocycles. The lowest BCUT2D eigenvalue weighted by atomic mass is 9.94. The van der Waals surface area contributed by atoms with Crippen LogP contribution in [0.5, 0.6) is 0 Å². The third-order valence-corrected chi connectivity index (χ3v) is 5.75. The van der Waals surface area contributed by atoms with Crippen molar-refractivity contribution in [3.63, 3.8) is 0 Å². The first-order valence-corrected chi connectivity index (χ1v) is 10.4. The number of hydrogen-bond acceptors (Lipinski definition) is 4. The van der Waals surface area contributed by atoms with Crippen molar-refractivity contribution in [3.05, 3.63) is 27.7 Å². The van der Waals surface area contributed by atoms with E-state index in [2.05, 4.69) is 27.9 Å². The molecular weight excluding hydrogens is 404 g/mol. The molecule has 1 fully saturated rings. The Labute approximate surface area is 164 Å². The van der Waals surface area contributed by atoms with Crippen LogP contribution in [-0.4, -0.2) is 36.4 Å². The largest absolute Gasteiger partial charge is 0.462 e. The van der Waals surface area contributed by atoms with Crippen LogP contribution in [0.25, 0.3) is 0 Å². The number of alkyl halides is 1. The SMILES string of the molecule is CN(Cc1cc(C(=O)OCCCCCl)cc(Br)c1N)C1CCCCC1. The van der Waals surface area contributed by atoms with Crippen LogP contribution < -0.4 is 5.73 Å². The predicted molar refractivity (Wildman–Crippen MR) is 107 cm³/mol. The number of nitrogen functional groups attached to an aromatic ring is 1. The lowest BCUT2D eigenvalue weighted by Gasteiger charge is -2.31. The standard InChI is InChI=1S/C19H28BrClN2O2/c1-23(16-7-3-2-4-8-16)13-15-11-14(12-17(20)18(15)22)19(24)25-10-6-5-9-21/h11-12,16H,2-10,13,22H2,1H3. The summed E-state index contributed by atoms with van der Waals surface area (Å²) in [7, 11) is 2.14. The quantitative estimate of drug-likeness (QED) is 0.273. The average Bonchev–Trinajstić information content (AvgIpc) is 2.62. The van der Waals surface area contributed by atoms with Gasteiger partial charge in [0.2, 0.25) is 0 Å². The molecule has 0 aromatic heterocycles. The zero-order chi connectivity index (χ0) is 18.2. The third-order valence-electron chi connectivity index (χ3n) is 4.83. The van der Waals surface area contributed by atoms with Crippen LogP contribution >= 0.6 is 27.5 Å². The van der Waals surface area contributed by atoms with E-state index < -0.39 is 0 Å². The number of benzene rings is 1. The number of esters is 1. The number of ether oxygens (including phenoxy) is 1. The molecule has 6 heteroatoms. The van der Waals surface area contributed by atoms with Crippen LogP contribution in [0.15, 0.2) is 16.6 Å². The molecule has 0 saturated heterocycles. The fourth-order valence-electron chi connectivity index (χ4n) is 3.29. The summed E-state index contributed by atoms with van der Waals surface area (Å²) in [5, 5.41) is 0. The van der Waals surface area contributed by atoms with E-state index in [1.165, 1.54) is 32.1 Å². The normalized spacial score (nSPS) is 15.5. The fourth-order valence-corrected chi connectivity index (χ4v) is 3.98. The number of carbonyl (C=O) groups is 1. The second-order valence-electron chi connectivity index (χ2n) is 6.77. The van der Waals surface area contributed by atoms with Crippen molar-refractivity contribution >= 4 is 39.2 Å². The number of hydrogen-bond donors (Lipinski definition) is 1. The van der Waals surface area contributed by atoms with E-state index in [-0.39, 0.29) is 5.97 Å². The van der Waals surface area contributed by atoms with Gasteiger partial charge < -0.3 is 10.5 Å². The molecule has 4 nitrogen and oxygen atoms in total. The van der Waals surface area contributed by atoms with Crippen molar-refractivity contribution < 1.29 is 9.53 Å². The van der Waals surface area contributed by atoms with Crippen molar-refractivity contribution in [1.29, 1.82) is 0 Å². The Morgan fingerprint density at radius 2 is 2.04 bits per heavy atom. The van der Waals surface area contributed by atoms with Crippen molar-refractivity contribution in [2.45, 2.75) is 57.5 Å². The minimum absolute atomic E-state index is 0.308. The average molecular weight is 432 g/mol. The molecule has 0 amide bonds. The van der Waals surface area contributed by atoms with Gasteiger partial charge in [-0.3, -0.25) is 4.90 Å². The Balaban J connectivity index is 2.04. The summed E-state index contributed by atoms with van der Waals surface area (Å²) >= 11 is 9.12. The van der Waals surface area contributed by atoms with Crippen molar-refractivity contribution in [1.82, 2.24) is 4.90 Å². The van der Waals surface area contributed by atoms with Crippen LogP contribution in [0.4, 0.5) is 5.69 Å². The van der Waals surface area contributed by atoms with Crippen molar-refractivity contribution in [2.75, 3.05) is 25.3 Å². The van der Waals surface area contributed by atoms with Gasteiger partial charge in [-0.2, -0.15) is 0 Å². The molecule has 25 heavy (non-hydrogen) atoms. The second kappa shape index (κ2) is 10.4. The summed E-state index contributed by atoms with van der Waals surface area (Å²) in [6.45, 7) is 1.13. The Morgan fingerprint density at radius 3 is 2.72 bits per heavy atom. The molecule has 2 N–H and O–H groups in total. The fraction of sp³-hybridized carbons (Fsp3) is 0.632. The highest BCUT2D eigenvalue weighted by Crippen LogP contribution is 2.29. The highest BCUT2D eigenvalue weighted by molar-refractivity contribution is 9.10. The molecule has 0 unspecified atom stereocenters. The Bertz CT molecular complexity index is 577.